The number of hydrogen-bond acceptors (Lipinski definition) is 3. The summed E-state index contributed by atoms with van der Waals surface area (Å²) in [4.78, 5) is 20.0. The van der Waals surface area contributed by atoms with Crippen molar-refractivity contribution in [1.29, 1.82) is 0 Å². The molecule has 0 N–H and O–H groups in total. The molecule has 4 nitrogen and oxygen atoms in total. The van der Waals surface area contributed by atoms with Gasteiger partial charge in [0, 0.05) is 31.9 Å². The number of rotatable bonds is 3. The molecule has 2 aliphatic heterocycles. The van der Waals surface area contributed by atoms with Gasteiger partial charge in [0.25, 0.3) is 0 Å². The van der Waals surface area contributed by atoms with Gasteiger partial charge >= 0.3 is 0 Å². The average Bonchev–Trinajstić information content (AvgIpc) is 2.97. The van der Waals surface area contributed by atoms with Crippen LogP contribution in [0.3, 0.4) is 0 Å². The number of hydrogen-bond donors (Lipinski definition) is 0. The number of carbonyl (C=O) groups excluding carboxylic acids is 1. The van der Waals surface area contributed by atoms with Crippen molar-refractivity contribution in [3.05, 3.63) is 89.7 Å². The van der Waals surface area contributed by atoms with Gasteiger partial charge in [-0.3, -0.25) is 14.6 Å². The maximum Gasteiger partial charge on any atom is 0.245 e. The molecular formula is C26H26FN3O. The molecule has 31 heavy (non-hydrogen) atoms. The van der Waals surface area contributed by atoms with Crippen LogP contribution in [0.1, 0.15) is 11.1 Å². The fraction of sp³-hybridized carbons (Fsp3) is 0.269. The molecule has 0 unspecified atom stereocenters. The van der Waals surface area contributed by atoms with Crippen LogP contribution in [0.15, 0.2) is 72.8 Å². The van der Waals surface area contributed by atoms with Crippen molar-refractivity contribution < 1.29 is 9.18 Å². The molecule has 0 aromatic heterocycles. The first-order chi connectivity index (χ1) is 15.2. The molecule has 0 spiro atoms. The minimum atomic E-state index is -0.217. The zero-order chi connectivity index (χ0) is 21.2. The number of anilines is 3. The van der Waals surface area contributed by atoms with Gasteiger partial charge in [0.2, 0.25) is 5.91 Å². The Kier molecular flexibility index (Phi) is 5.43. The van der Waals surface area contributed by atoms with Crippen LogP contribution >= 0.6 is 0 Å². The lowest BCUT2D eigenvalue weighted by molar-refractivity contribution is -0.119. The molecule has 2 aliphatic rings. The molecule has 5 rings (SSSR count). The van der Waals surface area contributed by atoms with Crippen molar-refractivity contribution >= 4 is 23.0 Å². The number of piperazine rings is 1. The van der Waals surface area contributed by atoms with Crippen LogP contribution in [0.4, 0.5) is 21.5 Å². The number of para-hydroxylation sites is 2. The van der Waals surface area contributed by atoms with Gasteiger partial charge < -0.3 is 4.90 Å². The summed E-state index contributed by atoms with van der Waals surface area (Å²) in [6.07, 6.45) is 1.88. The highest BCUT2D eigenvalue weighted by Gasteiger charge is 2.28. The molecule has 158 valence electrons. The Hall–Kier alpha value is -3.18. The highest BCUT2D eigenvalue weighted by atomic mass is 19.1. The molecule has 3 aromatic carbocycles. The number of fused-ring (bicyclic) bond motifs is 2. The summed E-state index contributed by atoms with van der Waals surface area (Å²) in [5.41, 5.74) is 5.47. The summed E-state index contributed by atoms with van der Waals surface area (Å²) in [6, 6.07) is 23.1. The van der Waals surface area contributed by atoms with Crippen molar-refractivity contribution in [2.24, 2.45) is 0 Å². The highest BCUT2D eigenvalue weighted by Crippen LogP contribution is 2.36. The quantitative estimate of drug-likeness (QED) is 0.634. The van der Waals surface area contributed by atoms with Gasteiger partial charge in [0.05, 0.1) is 17.9 Å². The fourth-order valence-electron chi connectivity index (χ4n) is 4.63. The number of benzene rings is 3. The van der Waals surface area contributed by atoms with Gasteiger partial charge in [-0.2, -0.15) is 0 Å². The van der Waals surface area contributed by atoms with Crippen LogP contribution < -0.4 is 9.80 Å². The minimum absolute atomic E-state index is 0.108. The van der Waals surface area contributed by atoms with Gasteiger partial charge in [0.15, 0.2) is 0 Å². The number of halogens is 1. The molecule has 1 saturated heterocycles. The second-order valence-electron chi connectivity index (χ2n) is 8.23. The zero-order valence-electron chi connectivity index (χ0n) is 17.5. The molecule has 0 saturated carbocycles. The topological polar surface area (TPSA) is 26.8 Å². The van der Waals surface area contributed by atoms with E-state index >= 15 is 0 Å². The highest BCUT2D eigenvalue weighted by molar-refractivity contribution is 6.03. The molecule has 0 atom stereocenters. The Labute approximate surface area is 182 Å². The van der Waals surface area contributed by atoms with Crippen molar-refractivity contribution in [1.82, 2.24) is 4.90 Å². The zero-order valence-corrected chi connectivity index (χ0v) is 17.5. The monoisotopic (exact) mass is 415 g/mol. The number of carbonyl (C=O) groups is 1. The molecule has 1 fully saturated rings. The Morgan fingerprint density at radius 1 is 0.742 bits per heavy atom. The average molecular weight is 416 g/mol. The number of amides is 1. The van der Waals surface area contributed by atoms with E-state index in [1.807, 2.05) is 41.3 Å². The van der Waals surface area contributed by atoms with Gasteiger partial charge in [0.1, 0.15) is 5.82 Å². The minimum Gasteiger partial charge on any atom is -0.369 e. The van der Waals surface area contributed by atoms with E-state index in [4.69, 9.17) is 0 Å². The molecule has 3 aromatic rings. The summed E-state index contributed by atoms with van der Waals surface area (Å²) >= 11 is 0. The van der Waals surface area contributed by atoms with Crippen molar-refractivity contribution in [2.45, 2.75) is 12.8 Å². The normalized spacial score (nSPS) is 16.4. The van der Waals surface area contributed by atoms with E-state index in [-0.39, 0.29) is 11.7 Å². The second-order valence-corrected chi connectivity index (χ2v) is 8.23. The van der Waals surface area contributed by atoms with Crippen molar-refractivity contribution in [3.63, 3.8) is 0 Å². The smallest absolute Gasteiger partial charge is 0.245 e. The first kappa shape index (κ1) is 19.8. The summed E-state index contributed by atoms with van der Waals surface area (Å²) in [6.45, 7) is 3.65. The SMILES string of the molecule is O=C(CN1CCN(c2ccc(F)cc2)CC1)N1c2ccccc2CCc2ccccc21. The largest absolute Gasteiger partial charge is 0.369 e. The number of nitrogens with zero attached hydrogens (tertiary/aromatic N) is 3. The lowest BCUT2D eigenvalue weighted by Crippen LogP contribution is -2.49. The Bertz CT molecular complexity index is 1030. The van der Waals surface area contributed by atoms with E-state index in [0.29, 0.717) is 6.54 Å². The molecule has 5 heteroatoms. The molecular weight excluding hydrogens is 389 g/mol. The molecule has 0 bridgehead atoms. The molecule has 2 heterocycles. The third-order valence-corrected chi connectivity index (χ3v) is 6.30. The third-order valence-electron chi connectivity index (χ3n) is 6.30. The fourth-order valence-corrected chi connectivity index (χ4v) is 4.63. The Morgan fingerprint density at radius 3 is 1.87 bits per heavy atom. The Balaban J connectivity index is 1.32. The summed E-state index contributed by atoms with van der Waals surface area (Å²) in [5.74, 6) is -0.108. The Morgan fingerprint density at radius 2 is 1.29 bits per heavy atom. The lowest BCUT2D eigenvalue weighted by Gasteiger charge is -2.36. The molecule has 1 amide bonds. The van der Waals surface area contributed by atoms with Crippen molar-refractivity contribution in [3.8, 4) is 0 Å². The van der Waals surface area contributed by atoms with Crippen LogP contribution in [0.25, 0.3) is 0 Å². The van der Waals surface area contributed by atoms with E-state index in [2.05, 4.69) is 34.1 Å². The first-order valence-electron chi connectivity index (χ1n) is 10.9. The predicted molar refractivity (Wildman–Crippen MR) is 122 cm³/mol. The van der Waals surface area contributed by atoms with Gasteiger partial charge in [-0.15, -0.1) is 0 Å². The maximum atomic E-state index is 13.6. The van der Waals surface area contributed by atoms with Crippen LogP contribution in [-0.2, 0) is 17.6 Å². The summed E-state index contributed by atoms with van der Waals surface area (Å²) in [7, 11) is 0. The second kappa shape index (κ2) is 8.52. The summed E-state index contributed by atoms with van der Waals surface area (Å²) < 4.78 is 13.2. The number of aryl methyl sites for hydroxylation is 2. The molecule has 0 aliphatic carbocycles. The maximum absolute atomic E-state index is 13.6. The van der Waals surface area contributed by atoms with E-state index in [9.17, 15) is 9.18 Å². The van der Waals surface area contributed by atoms with E-state index in [1.54, 1.807) is 0 Å². The van der Waals surface area contributed by atoms with Crippen LogP contribution in [0.2, 0.25) is 0 Å². The van der Waals surface area contributed by atoms with E-state index < -0.39 is 0 Å². The van der Waals surface area contributed by atoms with E-state index in [1.165, 1.54) is 23.3 Å². The summed E-state index contributed by atoms with van der Waals surface area (Å²) in [5, 5.41) is 0. The van der Waals surface area contributed by atoms with E-state index in [0.717, 1.165) is 56.1 Å². The van der Waals surface area contributed by atoms with Crippen molar-refractivity contribution in [2.75, 3.05) is 42.5 Å². The van der Waals surface area contributed by atoms with Crippen LogP contribution in [-0.4, -0.2) is 43.5 Å². The van der Waals surface area contributed by atoms with Crippen LogP contribution in [0.5, 0.6) is 0 Å². The molecule has 0 radical (unpaired) electrons. The predicted octanol–water partition coefficient (Wildman–Crippen LogP) is 4.41. The standard InChI is InChI=1S/C26H26FN3O/c27-22-11-13-23(14-12-22)29-17-15-28(16-18-29)19-26(31)30-24-7-3-1-5-20(24)9-10-21-6-2-4-8-25(21)30/h1-8,11-14H,9-10,15-19H2. The van der Waals surface area contributed by atoms with Gasteiger partial charge in [-0.1, -0.05) is 36.4 Å². The first-order valence-corrected chi connectivity index (χ1v) is 10.9. The van der Waals surface area contributed by atoms with Gasteiger partial charge in [-0.25, -0.2) is 4.39 Å². The van der Waals surface area contributed by atoms with Gasteiger partial charge in [-0.05, 0) is 60.4 Å². The van der Waals surface area contributed by atoms with Crippen LogP contribution in [0, 0.1) is 5.82 Å². The third kappa shape index (κ3) is 4.06. The lowest BCUT2D eigenvalue weighted by atomic mass is 10.0.